The molecule has 158 valence electrons. The van der Waals surface area contributed by atoms with Crippen molar-refractivity contribution in [1.82, 2.24) is 14.8 Å². The molecular weight excluding hydrogens is 427 g/mol. The van der Waals surface area contributed by atoms with Gasteiger partial charge in [-0.3, -0.25) is 4.79 Å². The Morgan fingerprint density at radius 3 is 2.53 bits per heavy atom. The maximum atomic E-state index is 13.1. The Hall–Kier alpha value is -2.58. The molecule has 0 saturated carbocycles. The number of aromatic nitrogens is 3. The van der Waals surface area contributed by atoms with Crippen LogP contribution in [-0.4, -0.2) is 26.4 Å². The SMILES string of the molecule is CC(Oc1ccc(F)cc1)c1nnc(SCC(=O)Nc2ccccc2Cl)n1C(C)C. The molecule has 1 unspecified atom stereocenters. The minimum Gasteiger partial charge on any atom is -0.483 e. The minimum absolute atomic E-state index is 0.0587. The summed E-state index contributed by atoms with van der Waals surface area (Å²) in [4.78, 5) is 12.3. The highest BCUT2D eigenvalue weighted by atomic mass is 35.5. The molecule has 3 rings (SSSR count). The Bertz CT molecular complexity index is 1010. The first-order valence-corrected chi connectivity index (χ1v) is 10.8. The van der Waals surface area contributed by atoms with Crippen LogP contribution in [0.25, 0.3) is 0 Å². The van der Waals surface area contributed by atoms with Crippen LogP contribution in [0.1, 0.15) is 38.7 Å². The lowest BCUT2D eigenvalue weighted by atomic mass is 10.3. The van der Waals surface area contributed by atoms with Crippen LogP contribution < -0.4 is 10.1 Å². The summed E-state index contributed by atoms with van der Waals surface area (Å²) < 4.78 is 20.9. The number of halogens is 2. The number of rotatable bonds is 8. The number of nitrogens with zero attached hydrogens (tertiary/aromatic N) is 3. The fourth-order valence-electron chi connectivity index (χ4n) is 2.80. The number of hydrogen-bond acceptors (Lipinski definition) is 5. The van der Waals surface area contributed by atoms with Gasteiger partial charge in [-0.1, -0.05) is 35.5 Å². The molecule has 0 saturated heterocycles. The van der Waals surface area contributed by atoms with Crippen LogP contribution >= 0.6 is 23.4 Å². The van der Waals surface area contributed by atoms with Gasteiger partial charge in [0, 0.05) is 6.04 Å². The van der Waals surface area contributed by atoms with E-state index in [9.17, 15) is 9.18 Å². The summed E-state index contributed by atoms with van der Waals surface area (Å²) in [5.41, 5.74) is 0.567. The van der Waals surface area contributed by atoms with E-state index in [1.54, 1.807) is 36.4 Å². The third kappa shape index (κ3) is 5.52. The first-order valence-electron chi connectivity index (χ1n) is 9.39. The van der Waals surface area contributed by atoms with E-state index >= 15 is 0 Å². The summed E-state index contributed by atoms with van der Waals surface area (Å²) in [6.45, 7) is 5.86. The Kier molecular flexibility index (Phi) is 7.33. The Balaban J connectivity index is 1.68. The van der Waals surface area contributed by atoms with Crippen LogP contribution in [0.4, 0.5) is 10.1 Å². The molecule has 1 aromatic heterocycles. The molecule has 0 aliphatic heterocycles. The van der Waals surface area contributed by atoms with E-state index < -0.39 is 6.10 Å². The third-order valence-electron chi connectivity index (χ3n) is 4.18. The molecule has 6 nitrogen and oxygen atoms in total. The zero-order chi connectivity index (χ0) is 21.7. The van der Waals surface area contributed by atoms with Gasteiger partial charge in [0.05, 0.1) is 16.5 Å². The monoisotopic (exact) mass is 448 g/mol. The summed E-state index contributed by atoms with van der Waals surface area (Å²) in [7, 11) is 0. The van der Waals surface area contributed by atoms with Gasteiger partial charge < -0.3 is 14.6 Å². The van der Waals surface area contributed by atoms with Crippen molar-refractivity contribution in [3.8, 4) is 5.75 Å². The van der Waals surface area contributed by atoms with Crippen molar-refractivity contribution >= 4 is 35.0 Å². The van der Waals surface area contributed by atoms with Crippen molar-refractivity contribution in [2.24, 2.45) is 0 Å². The van der Waals surface area contributed by atoms with Crippen LogP contribution in [0.15, 0.2) is 53.7 Å². The molecule has 0 aliphatic carbocycles. The molecule has 0 bridgehead atoms. The number of anilines is 1. The topological polar surface area (TPSA) is 69.0 Å². The fourth-order valence-corrected chi connectivity index (χ4v) is 3.86. The van der Waals surface area contributed by atoms with Crippen molar-refractivity contribution < 1.29 is 13.9 Å². The first kappa shape index (κ1) is 22.1. The summed E-state index contributed by atoms with van der Waals surface area (Å²) >= 11 is 7.37. The van der Waals surface area contributed by atoms with Crippen molar-refractivity contribution in [2.75, 3.05) is 11.1 Å². The van der Waals surface area contributed by atoms with E-state index in [1.807, 2.05) is 25.3 Å². The molecule has 3 aromatic rings. The van der Waals surface area contributed by atoms with Crippen LogP contribution in [-0.2, 0) is 4.79 Å². The second kappa shape index (κ2) is 9.95. The van der Waals surface area contributed by atoms with Crippen molar-refractivity contribution in [1.29, 1.82) is 0 Å². The van der Waals surface area contributed by atoms with E-state index in [-0.39, 0.29) is 23.5 Å². The van der Waals surface area contributed by atoms with E-state index in [0.717, 1.165) is 0 Å². The van der Waals surface area contributed by atoms with Crippen LogP contribution in [0, 0.1) is 5.82 Å². The van der Waals surface area contributed by atoms with Gasteiger partial charge in [-0.25, -0.2) is 4.39 Å². The standard InChI is InChI=1S/C21H22ClFN4O2S/c1-13(2)27-20(14(3)29-16-10-8-15(23)9-11-16)25-26-21(27)30-12-19(28)24-18-7-5-4-6-17(18)22/h4-11,13-14H,12H2,1-3H3,(H,24,28). The summed E-state index contributed by atoms with van der Waals surface area (Å²) in [6, 6.07) is 12.9. The molecule has 9 heteroatoms. The molecule has 1 N–H and O–H groups in total. The number of carbonyl (C=O) groups is 1. The second-order valence-corrected chi connectivity index (χ2v) is 8.18. The lowest BCUT2D eigenvalue weighted by molar-refractivity contribution is -0.113. The van der Waals surface area contributed by atoms with E-state index in [2.05, 4.69) is 15.5 Å². The molecule has 1 atom stereocenters. The van der Waals surface area contributed by atoms with Crippen molar-refractivity contribution in [3.63, 3.8) is 0 Å². The van der Waals surface area contributed by atoms with Crippen LogP contribution in [0.2, 0.25) is 5.02 Å². The molecular formula is C21H22ClFN4O2S. The molecule has 30 heavy (non-hydrogen) atoms. The number of nitrogens with one attached hydrogen (secondary N) is 1. The maximum absolute atomic E-state index is 13.1. The van der Waals surface area contributed by atoms with Gasteiger partial charge in [-0.15, -0.1) is 10.2 Å². The van der Waals surface area contributed by atoms with E-state index in [0.29, 0.717) is 27.4 Å². The zero-order valence-corrected chi connectivity index (χ0v) is 18.4. The number of thioether (sulfide) groups is 1. The van der Waals surface area contributed by atoms with Crippen molar-refractivity contribution in [3.05, 3.63) is 65.2 Å². The zero-order valence-electron chi connectivity index (χ0n) is 16.8. The average molecular weight is 449 g/mol. The normalized spacial score (nSPS) is 12.1. The lowest BCUT2D eigenvalue weighted by Crippen LogP contribution is -2.16. The van der Waals surface area contributed by atoms with Crippen LogP contribution in [0.5, 0.6) is 5.75 Å². The molecule has 0 radical (unpaired) electrons. The largest absolute Gasteiger partial charge is 0.483 e. The summed E-state index contributed by atoms with van der Waals surface area (Å²) in [5, 5.41) is 12.4. The highest BCUT2D eigenvalue weighted by Crippen LogP contribution is 2.28. The number of benzene rings is 2. The highest BCUT2D eigenvalue weighted by molar-refractivity contribution is 7.99. The Labute approximate surface area is 183 Å². The smallest absolute Gasteiger partial charge is 0.234 e. The molecule has 0 aliphatic rings. The van der Waals surface area contributed by atoms with E-state index in [1.165, 1.54) is 23.9 Å². The van der Waals surface area contributed by atoms with Crippen molar-refractivity contribution in [2.45, 2.75) is 38.1 Å². The van der Waals surface area contributed by atoms with Gasteiger partial charge >= 0.3 is 0 Å². The second-order valence-electron chi connectivity index (χ2n) is 6.84. The molecule has 1 heterocycles. The van der Waals surface area contributed by atoms with Gasteiger partial charge in [0.25, 0.3) is 0 Å². The van der Waals surface area contributed by atoms with Gasteiger partial charge in [-0.05, 0) is 57.2 Å². The number of para-hydroxylation sites is 1. The number of amides is 1. The average Bonchev–Trinajstić information content (AvgIpc) is 3.14. The fraction of sp³-hybridized carbons (Fsp3) is 0.286. The quantitative estimate of drug-likeness (QED) is 0.459. The Morgan fingerprint density at radius 1 is 1.17 bits per heavy atom. The summed E-state index contributed by atoms with van der Waals surface area (Å²) in [6.07, 6.45) is -0.406. The predicted octanol–water partition coefficient (Wildman–Crippen LogP) is 5.52. The van der Waals surface area contributed by atoms with Gasteiger partial charge in [0.1, 0.15) is 11.6 Å². The van der Waals surface area contributed by atoms with Gasteiger partial charge in [0.2, 0.25) is 5.91 Å². The minimum atomic E-state index is -0.406. The maximum Gasteiger partial charge on any atom is 0.234 e. The first-order chi connectivity index (χ1) is 14.3. The third-order valence-corrected chi connectivity index (χ3v) is 5.45. The van der Waals surface area contributed by atoms with Gasteiger partial charge in [0.15, 0.2) is 17.1 Å². The van der Waals surface area contributed by atoms with Gasteiger partial charge in [-0.2, -0.15) is 0 Å². The number of carbonyl (C=O) groups excluding carboxylic acids is 1. The predicted molar refractivity (Wildman–Crippen MR) is 117 cm³/mol. The van der Waals surface area contributed by atoms with E-state index in [4.69, 9.17) is 16.3 Å². The molecule has 2 aromatic carbocycles. The molecule has 1 amide bonds. The van der Waals surface area contributed by atoms with Crippen LogP contribution in [0.3, 0.4) is 0 Å². The molecule has 0 fully saturated rings. The molecule has 0 spiro atoms. The summed E-state index contributed by atoms with van der Waals surface area (Å²) in [5.74, 6) is 0.806. The number of ether oxygens (including phenoxy) is 1. The highest BCUT2D eigenvalue weighted by Gasteiger charge is 2.22. The lowest BCUT2D eigenvalue weighted by Gasteiger charge is -2.18. The number of hydrogen-bond donors (Lipinski definition) is 1. The Morgan fingerprint density at radius 2 is 1.87 bits per heavy atom.